The average molecular weight is 316 g/mol. The maximum atomic E-state index is 5.41. The Balaban J connectivity index is 1.74. The smallest absolute Gasteiger partial charge is 0.231 e. The van der Waals surface area contributed by atoms with Gasteiger partial charge in [-0.1, -0.05) is 6.07 Å². The molecule has 6 heteroatoms. The van der Waals surface area contributed by atoms with Gasteiger partial charge in [-0.05, 0) is 29.8 Å². The molecule has 3 rings (SSSR count). The first-order valence-corrected chi connectivity index (χ1v) is 7.34. The molecule has 0 aliphatic carbocycles. The van der Waals surface area contributed by atoms with Gasteiger partial charge < -0.3 is 23.8 Å². The number of hydrogen-bond donors (Lipinski definition) is 0. The molecule has 2 heterocycles. The number of ether oxygens (including phenoxy) is 4. The third-order valence-corrected chi connectivity index (χ3v) is 3.79. The van der Waals surface area contributed by atoms with E-state index in [1.807, 2.05) is 48.5 Å². The van der Waals surface area contributed by atoms with Crippen LogP contribution in [0.2, 0.25) is 0 Å². The summed E-state index contributed by atoms with van der Waals surface area (Å²) >= 11 is 0. The molecule has 1 aliphatic rings. The Hall–Kier alpha value is -2.31. The lowest BCUT2D eigenvalue weighted by Gasteiger charge is -2.23. The van der Waals surface area contributed by atoms with Crippen LogP contribution in [0.1, 0.15) is 0 Å². The predicted molar refractivity (Wildman–Crippen MR) is 86.9 cm³/mol. The molecule has 0 saturated carbocycles. The molecule has 0 radical (unpaired) electrons. The molecule has 0 atom stereocenters. The number of rotatable bonds is 6. The van der Waals surface area contributed by atoms with Crippen LogP contribution in [0.5, 0.6) is 11.5 Å². The van der Waals surface area contributed by atoms with Crippen LogP contribution in [0.3, 0.4) is 0 Å². The number of aromatic nitrogens is 1. The topological polar surface area (TPSA) is 53.1 Å². The second-order valence-corrected chi connectivity index (χ2v) is 5.25. The van der Waals surface area contributed by atoms with E-state index in [2.05, 4.69) is 4.98 Å². The summed E-state index contributed by atoms with van der Waals surface area (Å²) in [6, 6.07) is 9.89. The van der Waals surface area contributed by atoms with Crippen molar-refractivity contribution < 1.29 is 18.9 Å². The lowest BCUT2D eigenvalue weighted by Crippen LogP contribution is -2.32. The zero-order chi connectivity index (χ0) is 16.2. The summed E-state index contributed by atoms with van der Waals surface area (Å²) in [4.78, 5) is 6.50. The monoisotopic (exact) mass is 316 g/mol. The molecule has 23 heavy (non-hydrogen) atoms. The maximum absolute atomic E-state index is 5.41. The van der Waals surface area contributed by atoms with Gasteiger partial charge in [0.25, 0.3) is 0 Å². The van der Waals surface area contributed by atoms with E-state index in [1.165, 1.54) is 0 Å². The first kappa shape index (κ1) is 15.6. The van der Waals surface area contributed by atoms with Gasteiger partial charge in [0.1, 0.15) is 5.82 Å². The van der Waals surface area contributed by atoms with Gasteiger partial charge in [0.15, 0.2) is 17.8 Å². The highest BCUT2D eigenvalue weighted by molar-refractivity contribution is 5.67. The van der Waals surface area contributed by atoms with Crippen LogP contribution in [0, 0.1) is 0 Å². The number of nitrogens with zero attached hydrogens (tertiary/aromatic N) is 2. The van der Waals surface area contributed by atoms with Crippen LogP contribution in [0.25, 0.3) is 11.1 Å². The second kappa shape index (κ2) is 6.85. The van der Waals surface area contributed by atoms with Crippen molar-refractivity contribution in [2.24, 2.45) is 0 Å². The Kier molecular flexibility index (Phi) is 4.64. The van der Waals surface area contributed by atoms with E-state index in [0.717, 1.165) is 28.4 Å². The van der Waals surface area contributed by atoms with Crippen molar-refractivity contribution in [1.82, 2.24) is 4.98 Å². The quantitative estimate of drug-likeness (QED) is 0.763. The summed E-state index contributed by atoms with van der Waals surface area (Å²) < 4.78 is 21.2. The Morgan fingerprint density at radius 1 is 1.09 bits per heavy atom. The number of likely N-dealkylation sites (N-methyl/N-ethyl adjacent to an activating group) is 1. The highest BCUT2D eigenvalue weighted by Crippen LogP contribution is 2.35. The number of methoxy groups -OCH3 is 2. The Bertz CT molecular complexity index is 656. The molecule has 6 nitrogen and oxygen atoms in total. The highest BCUT2D eigenvalue weighted by Gasteiger charge is 2.15. The normalized spacial score (nSPS) is 12.7. The van der Waals surface area contributed by atoms with Crippen LogP contribution >= 0.6 is 0 Å². The number of hydrogen-bond acceptors (Lipinski definition) is 6. The standard InChI is InChI=1S/C17H20N2O4/c1-19(10-17(20-2)21-3)16-7-5-13(9-18-16)12-4-6-14-15(8-12)23-11-22-14/h4-9,17H,10-11H2,1-3H3. The van der Waals surface area contributed by atoms with Gasteiger partial charge in [0, 0.05) is 33.0 Å². The minimum absolute atomic E-state index is 0.279. The fourth-order valence-electron chi connectivity index (χ4n) is 2.42. The molecule has 2 aromatic rings. The van der Waals surface area contributed by atoms with E-state index in [4.69, 9.17) is 18.9 Å². The van der Waals surface area contributed by atoms with E-state index in [-0.39, 0.29) is 13.1 Å². The van der Waals surface area contributed by atoms with Crippen molar-refractivity contribution in [2.45, 2.75) is 6.29 Å². The van der Waals surface area contributed by atoms with E-state index < -0.39 is 0 Å². The lowest BCUT2D eigenvalue weighted by atomic mass is 10.1. The van der Waals surface area contributed by atoms with Gasteiger partial charge in [-0.15, -0.1) is 0 Å². The molecular weight excluding hydrogens is 296 g/mol. The van der Waals surface area contributed by atoms with Crippen molar-refractivity contribution in [3.8, 4) is 22.6 Å². The molecule has 0 saturated heterocycles. The molecule has 0 spiro atoms. The summed E-state index contributed by atoms with van der Waals surface area (Å²) in [6.07, 6.45) is 1.56. The number of anilines is 1. The number of benzene rings is 1. The first-order valence-electron chi connectivity index (χ1n) is 7.34. The van der Waals surface area contributed by atoms with Crippen LogP contribution in [-0.4, -0.2) is 45.9 Å². The molecule has 0 bridgehead atoms. The second-order valence-electron chi connectivity index (χ2n) is 5.25. The maximum Gasteiger partial charge on any atom is 0.231 e. The third-order valence-electron chi connectivity index (χ3n) is 3.79. The van der Waals surface area contributed by atoms with Gasteiger partial charge in [-0.2, -0.15) is 0 Å². The summed E-state index contributed by atoms with van der Waals surface area (Å²) in [6.45, 7) is 0.879. The molecule has 1 aliphatic heterocycles. The van der Waals surface area contributed by atoms with Crippen LogP contribution in [0.15, 0.2) is 36.5 Å². The first-order chi connectivity index (χ1) is 11.2. The van der Waals surface area contributed by atoms with Crippen molar-refractivity contribution in [1.29, 1.82) is 0 Å². The number of pyridine rings is 1. The molecular formula is C17H20N2O4. The van der Waals surface area contributed by atoms with Gasteiger partial charge in [-0.3, -0.25) is 0 Å². The Morgan fingerprint density at radius 2 is 1.83 bits per heavy atom. The highest BCUT2D eigenvalue weighted by atomic mass is 16.7. The summed E-state index contributed by atoms with van der Waals surface area (Å²) in [7, 11) is 5.20. The van der Waals surface area contributed by atoms with Crippen molar-refractivity contribution in [3.63, 3.8) is 0 Å². The van der Waals surface area contributed by atoms with Gasteiger partial charge in [0.05, 0.1) is 6.54 Å². The van der Waals surface area contributed by atoms with E-state index in [0.29, 0.717) is 6.54 Å². The lowest BCUT2D eigenvalue weighted by molar-refractivity contribution is -0.0944. The minimum atomic E-state index is -0.282. The van der Waals surface area contributed by atoms with Gasteiger partial charge in [0.2, 0.25) is 6.79 Å². The van der Waals surface area contributed by atoms with Crippen molar-refractivity contribution in [3.05, 3.63) is 36.5 Å². The van der Waals surface area contributed by atoms with E-state index in [9.17, 15) is 0 Å². The largest absolute Gasteiger partial charge is 0.454 e. The summed E-state index contributed by atoms with van der Waals surface area (Å²) in [5.74, 6) is 2.41. The van der Waals surface area contributed by atoms with Gasteiger partial charge >= 0.3 is 0 Å². The van der Waals surface area contributed by atoms with Crippen LogP contribution in [-0.2, 0) is 9.47 Å². The Labute approximate surface area is 135 Å². The SMILES string of the molecule is COC(CN(C)c1ccc(-c2ccc3c(c2)OCO3)cn1)OC. The van der Waals surface area contributed by atoms with E-state index >= 15 is 0 Å². The zero-order valence-electron chi connectivity index (χ0n) is 13.5. The van der Waals surface area contributed by atoms with E-state index in [1.54, 1.807) is 14.2 Å². The van der Waals surface area contributed by atoms with Crippen LogP contribution < -0.4 is 14.4 Å². The van der Waals surface area contributed by atoms with Gasteiger partial charge in [-0.25, -0.2) is 4.98 Å². The molecule has 1 aromatic heterocycles. The summed E-state index contributed by atoms with van der Waals surface area (Å²) in [5.41, 5.74) is 2.07. The molecule has 0 N–H and O–H groups in total. The molecule has 0 amide bonds. The van der Waals surface area contributed by atoms with Crippen LogP contribution in [0.4, 0.5) is 5.82 Å². The third kappa shape index (κ3) is 3.38. The number of fused-ring (bicyclic) bond motifs is 1. The fraction of sp³-hybridized carbons (Fsp3) is 0.353. The fourth-order valence-corrected chi connectivity index (χ4v) is 2.42. The average Bonchev–Trinajstić information content (AvgIpc) is 3.07. The zero-order valence-corrected chi connectivity index (χ0v) is 13.5. The molecule has 1 aromatic carbocycles. The summed E-state index contributed by atoms with van der Waals surface area (Å²) in [5, 5.41) is 0. The molecule has 0 unspecified atom stereocenters. The minimum Gasteiger partial charge on any atom is -0.454 e. The van der Waals surface area contributed by atoms with Crippen molar-refractivity contribution in [2.75, 3.05) is 39.5 Å². The molecule has 122 valence electrons. The Morgan fingerprint density at radius 3 is 2.52 bits per heavy atom. The molecule has 0 fully saturated rings. The predicted octanol–water partition coefficient (Wildman–Crippen LogP) is 2.53. The van der Waals surface area contributed by atoms with Crippen molar-refractivity contribution >= 4 is 5.82 Å².